The maximum absolute atomic E-state index is 13.9. The number of hydrogen-bond donors (Lipinski definition) is 1. The molecule has 0 unspecified atom stereocenters. The minimum absolute atomic E-state index is 0. The number of amides is 1. The first-order valence-electron chi connectivity index (χ1n) is 11.2. The Morgan fingerprint density at radius 3 is 2.38 bits per heavy atom. The monoisotopic (exact) mass is 587 g/mol. The third-order valence-corrected chi connectivity index (χ3v) is 7.14. The number of esters is 1. The Kier molecular flexibility index (Phi) is 9.67. The van der Waals surface area contributed by atoms with Crippen LogP contribution in [0.25, 0.3) is 0 Å². The summed E-state index contributed by atoms with van der Waals surface area (Å²) in [6.45, 7) is 0.925. The van der Waals surface area contributed by atoms with Crippen LogP contribution < -0.4 is 15.0 Å². The van der Waals surface area contributed by atoms with E-state index in [4.69, 9.17) is 9.47 Å². The Morgan fingerprint density at radius 2 is 1.76 bits per heavy atom. The maximum atomic E-state index is 13.9. The van der Waals surface area contributed by atoms with Crippen molar-refractivity contribution in [2.75, 3.05) is 32.1 Å². The van der Waals surface area contributed by atoms with Crippen LogP contribution in [-0.4, -0.2) is 50.2 Å². The van der Waals surface area contributed by atoms with Crippen LogP contribution in [0.3, 0.4) is 0 Å². The van der Waals surface area contributed by atoms with Crippen molar-refractivity contribution < 1.29 is 24.0 Å². The standard InChI is InChI=1S/C26H25N3O6S.BrH/c1-27-15-16-28-21-5-3-4-6-22(21)36-24(17-9-13-20(34-2)14-10-17)23(25(28)30)35-26(31)18-7-11-19(12-8-18)29(32)33;/h3-14,23-24,27H,15-16H2,1-2H3;1H/t23-,24+;/m0./s1. The van der Waals surface area contributed by atoms with E-state index in [1.54, 1.807) is 31.2 Å². The molecule has 11 heteroatoms. The topological polar surface area (TPSA) is 111 Å². The number of rotatable bonds is 8. The molecule has 1 amide bonds. The number of nitro groups is 1. The largest absolute Gasteiger partial charge is 0.497 e. The van der Waals surface area contributed by atoms with Crippen LogP contribution in [0.4, 0.5) is 11.4 Å². The third kappa shape index (κ3) is 6.30. The summed E-state index contributed by atoms with van der Waals surface area (Å²) in [5, 5.41) is 13.5. The minimum Gasteiger partial charge on any atom is -0.497 e. The number of carbonyl (C=O) groups is 2. The summed E-state index contributed by atoms with van der Waals surface area (Å²) in [7, 11) is 3.37. The lowest BCUT2D eigenvalue weighted by molar-refractivity contribution is -0.384. The lowest BCUT2D eigenvalue weighted by atomic mass is 10.1. The smallest absolute Gasteiger partial charge is 0.338 e. The van der Waals surface area contributed by atoms with Crippen molar-refractivity contribution in [3.05, 3.63) is 94.0 Å². The quantitative estimate of drug-likeness (QED) is 0.227. The van der Waals surface area contributed by atoms with Crippen molar-refractivity contribution in [3.63, 3.8) is 0 Å². The van der Waals surface area contributed by atoms with Gasteiger partial charge in [-0.3, -0.25) is 14.9 Å². The molecule has 1 heterocycles. The van der Waals surface area contributed by atoms with Crippen molar-refractivity contribution in [3.8, 4) is 5.75 Å². The van der Waals surface area contributed by atoms with Gasteiger partial charge in [0.1, 0.15) is 5.75 Å². The first kappa shape index (κ1) is 28.2. The van der Waals surface area contributed by atoms with Crippen molar-refractivity contribution in [1.82, 2.24) is 5.32 Å². The number of nitrogens with zero attached hydrogens (tertiary/aromatic N) is 2. The van der Waals surface area contributed by atoms with Gasteiger partial charge in [-0.1, -0.05) is 24.3 Å². The second-order valence-corrected chi connectivity index (χ2v) is 9.19. The van der Waals surface area contributed by atoms with E-state index < -0.39 is 22.2 Å². The number of ether oxygens (including phenoxy) is 2. The van der Waals surface area contributed by atoms with Crippen LogP contribution in [0.1, 0.15) is 21.2 Å². The lowest BCUT2D eigenvalue weighted by Gasteiger charge is -2.28. The number of benzene rings is 3. The van der Waals surface area contributed by atoms with Gasteiger partial charge in [0.05, 0.1) is 28.5 Å². The van der Waals surface area contributed by atoms with Gasteiger partial charge < -0.3 is 19.7 Å². The van der Waals surface area contributed by atoms with Crippen LogP contribution in [0.15, 0.2) is 77.7 Å². The van der Waals surface area contributed by atoms with Gasteiger partial charge in [0.15, 0.2) is 6.10 Å². The van der Waals surface area contributed by atoms with E-state index in [9.17, 15) is 19.7 Å². The molecule has 3 aromatic carbocycles. The fraction of sp³-hybridized carbons (Fsp3) is 0.231. The van der Waals surface area contributed by atoms with Crippen molar-refractivity contribution >= 4 is 52.0 Å². The summed E-state index contributed by atoms with van der Waals surface area (Å²) >= 11 is 1.45. The van der Waals surface area contributed by atoms with E-state index in [1.165, 1.54) is 36.0 Å². The zero-order chi connectivity index (χ0) is 25.7. The predicted octanol–water partition coefficient (Wildman–Crippen LogP) is 4.81. The SMILES string of the molecule is Br.CNCCN1C(=O)[C@@H](OC(=O)c2ccc([N+](=O)[O-])cc2)[C@@H](c2ccc(OC)cc2)Sc2ccccc21. The lowest BCUT2D eigenvalue weighted by Crippen LogP contribution is -2.45. The van der Waals surface area contributed by atoms with E-state index in [2.05, 4.69) is 5.32 Å². The van der Waals surface area contributed by atoms with Crippen molar-refractivity contribution in [2.24, 2.45) is 0 Å². The van der Waals surface area contributed by atoms with Crippen molar-refractivity contribution in [1.29, 1.82) is 0 Å². The second kappa shape index (κ2) is 12.7. The van der Waals surface area contributed by atoms with Crippen LogP contribution in [0.5, 0.6) is 5.75 Å². The van der Waals surface area contributed by atoms with Gasteiger partial charge in [0, 0.05) is 30.1 Å². The first-order valence-corrected chi connectivity index (χ1v) is 12.1. The van der Waals surface area contributed by atoms with Crippen molar-refractivity contribution in [2.45, 2.75) is 16.2 Å². The van der Waals surface area contributed by atoms with E-state index in [0.717, 1.165) is 16.1 Å². The highest BCUT2D eigenvalue weighted by Crippen LogP contribution is 2.47. The molecule has 37 heavy (non-hydrogen) atoms. The molecule has 4 rings (SSSR count). The Morgan fingerprint density at radius 1 is 1.08 bits per heavy atom. The number of likely N-dealkylation sites (N-methyl/N-ethyl adjacent to an activating group) is 1. The number of methoxy groups -OCH3 is 1. The molecule has 1 aliphatic heterocycles. The van der Waals surface area contributed by atoms with E-state index in [0.29, 0.717) is 18.8 Å². The number of nitrogens with one attached hydrogen (secondary N) is 1. The molecule has 9 nitrogen and oxygen atoms in total. The number of thioether (sulfide) groups is 1. The van der Waals surface area contributed by atoms with Gasteiger partial charge in [0.2, 0.25) is 0 Å². The van der Waals surface area contributed by atoms with Gasteiger partial charge in [-0.15, -0.1) is 28.7 Å². The highest BCUT2D eigenvalue weighted by Gasteiger charge is 2.41. The number of carbonyl (C=O) groups excluding carboxylic acids is 2. The van der Waals surface area contributed by atoms with Gasteiger partial charge in [-0.25, -0.2) is 4.79 Å². The average Bonchev–Trinajstić information content (AvgIpc) is 3.02. The Labute approximate surface area is 229 Å². The molecular weight excluding hydrogens is 562 g/mol. The zero-order valence-corrected chi connectivity index (χ0v) is 22.7. The molecule has 0 aliphatic carbocycles. The fourth-order valence-electron chi connectivity index (χ4n) is 3.89. The van der Waals surface area contributed by atoms with E-state index in [-0.39, 0.29) is 34.1 Å². The summed E-state index contributed by atoms with van der Waals surface area (Å²) in [6, 6.07) is 20.0. The summed E-state index contributed by atoms with van der Waals surface area (Å²) < 4.78 is 11.1. The number of halogens is 1. The molecule has 0 fully saturated rings. The highest BCUT2D eigenvalue weighted by atomic mass is 79.9. The first-order chi connectivity index (χ1) is 17.4. The summed E-state index contributed by atoms with van der Waals surface area (Å²) in [4.78, 5) is 40.0. The number of non-ortho nitro benzene ring substituents is 1. The van der Waals surface area contributed by atoms with Gasteiger partial charge in [0.25, 0.3) is 11.6 Å². The minimum atomic E-state index is -1.14. The normalized spacial score (nSPS) is 16.7. The predicted molar refractivity (Wildman–Crippen MR) is 147 cm³/mol. The highest BCUT2D eigenvalue weighted by molar-refractivity contribution is 8.93. The van der Waals surface area contributed by atoms with Crippen LogP contribution >= 0.6 is 28.7 Å². The van der Waals surface area contributed by atoms with Gasteiger partial charge >= 0.3 is 5.97 Å². The second-order valence-electron chi connectivity index (χ2n) is 8.00. The summed E-state index contributed by atoms with van der Waals surface area (Å²) in [6.07, 6.45) is -1.14. The number of nitro benzene ring substituents is 1. The maximum Gasteiger partial charge on any atom is 0.338 e. The third-order valence-electron chi connectivity index (χ3n) is 5.77. The fourth-order valence-corrected chi connectivity index (χ4v) is 5.20. The molecule has 2 atom stereocenters. The molecule has 0 aromatic heterocycles. The number of para-hydroxylation sites is 1. The average molecular weight is 588 g/mol. The number of anilines is 1. The van der Waals surface area contributed by atoms with E-state index >= 15 is 0 Å². The molecule has 0 saturated heterocycles. The molecule has 0 radical (unpaired) electrons. The Bertz CT molecular complexity index is 1260. The molecule has 0 bridgehead atoms. The molecule has 1 aliphatic rings. The molecule has 194 valence electrons. The zero-order valence-electron chi connectivity index (χ0n) is 20.2. The van der Waals surface area contributed by atoms with Crippen LogP contribution in [-0.2, 0) is 9.53 Å². The van der Waals surface area contributed by atoms with Gasteiger partial charge in [-0.2, -0.15) is 0 Å². The Balaban J connectivity index is 0.00000380. The molecule has 1 N–H and O–H groups in total. The van der Waals surface area contributed by atoms with Crippen LogP contribution in [0, 0.1) is 10.1 Å². The molecular formula is C26H26BrN3O6S. The van der Waals surface area contributed by atoms with Gasteiger partial charge in [-0.05, 0) is 49.0 Å². The molecule has 0 spiro atoms. The number of hydrogen-bond acceptors (Lipinski definition) is 8. The summed E-state index contributed by atoms with van der Waals surface area (Å²) in [5.74, 6) is -0.417. The Hall–Kier alpha value is -3.41. The molecule has 0 saturated carbocycles. The van der Waals surface area contributed by atoms with E-state index in [1.807, 2.05) is 36.4 Å². The summed E-state index contributed by atoms with van der Waals surface area (Å²) in [5.41, 5.74) is 1.52. The van der Waals surface area contributed by atoms with Crippen LogP contribution in [0.2, 0.25) is 0 Å². The number of fused-ring (bicyclic) bond motifs is 1. The molecule has 3 aromatic rings.